The Labute approximate surface area is 86.6 Å². The molecule has 0 aliphatic rings. The van der Waals surface area contributed by atoms with Gasteiger partial charge in [-0.05, 0) is 25.5 Å². The van der Waals surface area contributed by atoms with Gasteiger partial charge in [0, 0.05) is 6.21 Å². The van der Waals surface area contributed by atoms with Gasteiger partial charge in [0.1, 0.15) is 0 Å². The van der Waals surface area contributed by atoms with Crippen LogP contribution >= 0.6 is 0 Å². The van der Waals surface area contributed by atoms with Gasteiger partial charge in [-0.3, -0.25) is 4.99 Å². The number of aliphatic imine (C=N–C) groups is 1. The fourth-order valence-electron chi connectivity index (χ4n) is 0.942. The van der Waals surface area contributed by atoms with Crippen molar-refractivity contribution in [1.29, 1.82) is 0 Å². The van der Waals surface area contributed by atoms with Gasteiger partial charge in [-0.2, -0.15) is 0 Å². The molecule has 0 atom stereocenters. The summed E-state index contributed by atoms with van der Waals surface area (Å²) >= 11 is 0. The summed E-state index contributed by atoms with van der Waals surface area (Å²) in [6.07, 6.45) is 12.9. The average Bonchev–Trinajstić information content (AvgIpc) is 2.21. The highest BCUT2D eigenvalue weighted by Crippen LogP contribution is 2.10. The Kier molecular flexibility index (Phi) is 7.06. The molecule has 14 heavy (non-hydrogen) atoms. The molecule has 0 bridgehead atoms. The van der Waals surface area contributed by atoms with Gasteiger partial charge in [0.25, 0.3) is 0 Å². The number of allylic oxidation sites excluding steroid dienone is 7. The topological polar surface area (TPSA) is 12.4 Å². The molecule has 0 aromatic carbocycles. The van der Waals surface area contributed by atoms with Crippen molar-refractivity contribution in [2.75, 3.05) is 0 Å². The van der Waals surface area contributed by atoms with Crippen LogP contribution in [0.4, 0.5) is 0 Å². The SMILES string of the molecule is C=CC=NC(/C=C\C)=C(C=C)/C=C\C. The van der Waals surface area contributed by atoms with Crippen LogP contribution in [0.2, 0.25) is 0 Å². The molecular formula is C13H17N. The van der Waals surface area contributed by atoms with Crippen molar-refractivity contribution < 1.29 is 0 Å². The van der Waals surface area contributed by atoms with Gasteiger partial charge in [0.15, 0.2) is 0 Å². The molecule has 1 heteroatoms. The summed E-state index contributed by atoms with van der Waals surface area (Å²) in [4.78, 5) is 4.25. The molecule has 0 N–H and O–H groups in total. The van der Waals surface area contributed by atoms with Crippen LogP contribution in [0, 0.1) is 0 Å². The normalized spacial score (nSPS) is 13.9. The van der Waals surface area contributed by atoms with E-state index < -0.39 is 0 Å². The second-order valence-electron chi connectivity index (χ2n) is 2.56. The summed E-state index contributed by atoms with van der Waals surface area (Å²) in [7, 11) is 0. The molecule has 0 spiro atoms. The van der Waals surface area contributed by atoms with Crippen LogP contribution in [0.15, 0.2) is 65.9 Å². The molecule has 0 aromatic heterocycles. The van der Waals surface area contributed by atoms with Gasteiger partial charge in [-0.1, -0.05) is 43.5 Å². The summed E-state index contributed by atoms with van der Waals surface area (Å²) in [6.45, 7) is 11.3. The summed E-state index contributed by atoms with van der Waals surface area (Å²) in [5, 5.41) is 0. The highest BCUT2D eigenvalue weighted by Gasteiger charge is 1.93. The zero-order valence-corrected chi connectivity index (χ0v) is 8.90. The molecule has 0 fully saturated rings. The maximum absolute atomic E-state index is 4.25. The predicted octanol–water partition coefficient (Wildman–Crippen LogP) is 3.84. The summed E-state index contributed by atoms with van der Waals surface area (Å²) in [6, 6.07) is 0. The van der Waals surface area contributed by atoms with E-state index in [0.717, 1.165) is 11.3 Å². The van der Waals surface area contributed by atoms with E-state index in [2.05, 4.69) is 18.2 Å². The highest BCUT2D eigenvalue weighted by molar-refractivity contribution is 5.72. The van der Waals surface area contributed by atoms with E-state index >= 15 is 0 Å². The predicted molar refractivity (Wildman–Crippen MR) is 65.5 cm³/mol. The maximum atomic E-state index is 4.25. The molecule has 0 saturated carbocycles. The fraction of sp³-hybridized carbons (Fsp3) is 0.154. The number of nitrogens with zero attached hydrogens (tertiary/aromatic N) is 1. The Bertz CT molecular complexity index is 301. The molecule has 0 radical (unpaired) electrons. The number of hydrogen-bond donors (Lipinski definition) is 0. The van der Waals surface area contributed by atoms with Crippen LogP contribution in [0.3, 0.4) is 0 Å². The lowest BCUT2D eigenvalue weighted by Crippen LogP contribution is -1.81. The largest absolute Gasteiger partial charge is 0.256 e. The first kappa shape index (κ1) is 12.4. The fourth-order valence-corrected chi connectivity index (χ4v) is 0.942. The molecule has 1 nitrogen and oxygen atoms in total. The Morgan fingerprint density at radius 1 is 1.07 bits per heavy atom. The standard InChI is InChI=1S/C13H17N/c1-5-9-12(8-4)13(10-6-2)14-11-7-3/h5-11H,3-4H2,1-2H3/b9-5-,10-6-,13-12+,14-11?. The van der Waals surface area contributed by atoms with Gasteiger partial charge in [-0.15, -0.1) is 0 Å². The molecule has 0 saturated heterocycles. The van der Waals surface area contributed by atoms with E-state index in [9.17, 15) is 0 Å². The molecule has 0 aliphatic carbocycles. The molecule has 0 amide bonds. The Hall–Kier alpha value is -1.63. The van der Waals surface area contributed by atoms with E-state index in [4.69, 9.17) is 0 Å². The monoisotopic (exact) mass is 187 g/mol. The molecule has 0 rings (SSSR count). The third-order valence-corrected chi connectivity index (χ3v) is 1.51. The lowest BCUT2D eigenvalue weighted by Gasteiger charge is -1.98. The Morgan fingerprint density at radius 3 is 2.14 bits per heavy atom. The summed E-state index contributed by atoms with van der Waals surface area (Å²) < 4.78 is 0. The van der Waals surface area contributed by atoms with Crippen molar-refractivity contribution in [3.63, 3.8) is 0 Å². The van der Waals surface area contributed by atoms with Crippen LogP contribution in [-0.2, 0) is 0 Å². The smallest absolute Gasteiger partial charge is 0.0698 e. The first-order chi connectivity index (χ1) is 6.79. The molecule has 0 heterocycles. The summed E-state index contributed by atoms with van der Waals surface area (Å²) in [5.41, 5.74) is 1.89. The van der Waals surface area contributed by atoms with Gasteiger partial charge in [0.2, 0.25) is 0 Å². The lowest BCUT2D eigenvalue weighted by molar-refractivity contribution is 1.37. The molecule has 74 valence electrons. The minimum absolute atomic E-state index is 0.889. The second-order valence-corrected chi connectivity index (χ2v) is 2.56. The first-order valence-electron chi connectivity index (χ1n) is 4.57. The minimum atomic E-state index is 0.889. The van der Waals surface area contributed by atoms with Crippen molar-refractivity contribution in [3.8, 4) is 0 Å². The number of hydrogen-bond acceptors (Lipinski definition) is 1. The van der Waals surface area contributed by atoms with Crippen LogP contribution in [-0.4, -0.2) is 6.21 Å². The first-order valence-corrected chi connectivity index (χ1v) is 4.57. The third kappa shape index (κ3) is 4.41. The van der Waals surface area contributed by atoms with E-state index in [0.29, 0.717) is 0 Å². The Morgan fingerprint density at radius 2 is 1.71 bits per heavy atom. The van der Waals surface area contributed by atoms with Crippen LogP contribution in [0.25, 0.3) is 0 Å². The second kappa shape index (κ2) is 7.99. The van der Waals surface area contributed by atoms with E-state index in [-0.39, 0.29) is 0 Å². The lowest BCUT2D eigenvalue weighted by atomic mass is 10.2. The number of rotatable bonds is 5. The van der Waals surface area contributed by atoms with Crippen molar-refractivity contribution in [1.82, 2.24) is 0 Å². The average molecular weight is 187 g/mol. The molecular weight excluding hydrogens is 170 g/mol. The highest BCUT2D eigenvalue weighted by atomic mass is 14.7. The zero-order valence-electron chi connectivity index (χ0n) is 8.90. The maximum Gasteiger partial charge on any atom is 0.0698 e. The van der Waals surface area contributed by atoms with Gasteiger partial charge in [0.05, 0.1) is 5.70 Å². The quantitative estimate of drug-likeness (QED) is 0.458. The molecule has 0 aromatic rings. The Balaban J connectivity index is 5.17. The van der Waals surface area contributed by atoms with Crippen molar-refractivity contribution in [2.24, 2.45) is 4.99 Å². The zero-order chi connectivity index (χ0) is 10.8. The van der Waals surface area contributed by atoms with Crippen LogP contribution in [0.1, 0.15) is 13.8 Å². The van der Waals surface area contributed by atoms with Gasteiger partial charge >= 0.3 is 0 Å². The molecule has 0 aliphatic heterocycles. The van der Waals surface area contributed by atoms with Crippen molar-refractivity contribution in [3.05, 3.63) is 60.9 Å². The minimum Gasteiger partial charge on any atom is -0.256 e. The molecule has 0 unspecified atom stereocenters. The van der Waals surface area contributed by atoms with Gasteiger partial charge in [-0.25, -0.2) is 0 Å². The summed E-state index contributed by atoms with van der Waals surface area (Å²) in [5.74, 6) is 0. The van der Waals surface area contributed by atoms with Crippen molar-refractivity contribution >= 4 is 6.21 Å². The van der Waals surface area contributed by atoms with E-state index in [1.54, 1.807) is 18.4 Å². The van der Waals surface area contributed by atoms with E-state index in [1.807, 2.05) is 38.2 Å². The van der Waals surface area contributed by atoms with Crippen LogP contribution < -0.4 is 0 Å². The van der Waals surface area contributed by atoms with E-state index in [1.165, 1.54) is 0 Å². The van der Waals surface area contributed by atoms with Crippen LogP contribution in [0.5, 0.6) is 0 Å². The third-order valence-electron chi connectivity index (χ3n) is 1.51. The van der Waals surface area contributed by atoms with Crippen molar-refractivity contribution in [2.45, 2.75) is 13.8 Å². The van der Waals surface area contributed by atoms with Gasteiger partial charge < -0.3 is 0 Å².